The standard InChI is InChI=1S/C19H31BrO6/c1-21-13-25-17-12-16(23-3)19(26-14-22-2)15(18(17)24-4)10-8-6-5-7-9-11-20/h12H,5-11,13-14H2,1-4H3. The van der Waals surface area contributed by atoms with Crippen molar-refractivity contribution in [2.75, 3.05) is 47.4 Å². The molecule has 7 heteroatoms. The van der Waals surface area contributed by atoms with E-state index in [1.54, 1.807) is 34.5 Å². The molecule has 0 atom stereocenters. The third kappa shape index (κ3) is 7.21. The summed E-state index contributed by atoms with van der Waals surface area (Å²) in [5.74, 6) is 2.44. The SMILES string of the molecule is COCOc1cc(OC)c(OCOC)c(CCCCCCCBr)c1OC. The summed E-state index contributed by atoms with van der Waals surface area (Å²) in [5, 5.41) is 1.06. The van der Waals surface area contributed by atoms with E-state index < -0.39 is 0 Å². The van der Waals surface area contributed by atoms with Gasteiger partial charge in [0.2, 0.25) is 0 Å². The van der Waals surface area contributed by atoms with E-state index in [0.717, 1.165) is 30.2 Å². The molecule has 0 fully saturated rings. The van der Waals surface area contributed by atoms with E-state index in [-0.39, 0.29) is 13.6 Å². The lowest BCUT2D eigenvalue weighted by Gasteiger charge is -2.20. The Morgan fingerprint density at radius 2 is 1.38 bits per heavy atom. The highest BCUT2D eigenvalue weighted by Crippen LogP contribution is 2.45. The molecule has 0 bridgehead atoms. The summed E-state index contributed by atoms with van der Waals surface area (Å²) in [6, 6.07) is 1.75. The fourth-order valence-electron chi connectivity index (χ4n) is 2.69. The highest BCUT2D eigenvalue weighted by Gasteiger charge is 2.22. The zero-order chi connectivity index (χ0) is 19.2. The normalized spacial score (nSPS) is 10.7. The summed E-state index contributed by atoms with van der Waals surface area (Å²) in [4.78, 5) is 0. The summed E-state index contributed by atoms with van der Waals surface area (Å²) in [5.41, 5.74) is 0.926. The van der Waals surface area contributed by atoms with Crippen molar-refractivity contribution in [1.29, 1.82) is 0 Å². The van der Waals surface area contributed by atoms with Gasteiger partial charge in [0.1, 0.15) is 0 Å². The summed E-state index contributed by atoms with van der Waals surface area (Å²) in [7, 11) is 6.39. The second-order valence-electron chi connectivity index (χ2n) is 5.73. The van der Waals surface area contributed by atoms with Crippen LogP contribution in [-0.2, 0) is 15.9 Å². The van der Waals surface area contributed by atoms with Gasteiger partial charge in [0, 0.05) is 31.2 Å². The minimum atomic E-state index is 0.129. The Labute approximate surface area is 165 Å². The zero-order valence-electron chi connectivity index (χ0n) is 16.3. The van der Waals surface area contributed by atoms with Gasteiger partial charge in [-0.1, -0.05) is 35.2 Å². The van der Waals surface area contributed by atoms with Crippen molar-refractivity contribution >= 4 is 15.9 Å². The van der Waals surface area contributed by atoms with Crippen LogP contribution in [0.4, 0.5) is 0 Å². The number of halogens is 1. The lowest BCUT2D eigenvalue weighted by Crippen LogP contribution is -2.08. The predicted molar refractivity (Wildman–Crippen MR) is 105 cm³/mol. The van der Waals surface area contributed by atoms with Crippen LogP contribution in [0.2, 0.25) is 0 Å². The van der Waals surface area contributed by atoms with Gasteiger partial charge in [-0.25, -0.2) is 0 Å². The average Bonchev–Trinajstić information content (AvgIpc) is 2.67. The summed E-state index contributed by atoms with van der Waals surface area (Å²) in [6.07, 6.45) is 6.62. The highest BCUT2D eigenvalue weighted by molar-refractivity contribution is 9.09. The average molecular weight is 435 g/mol. The van der Waals surface area contributed by atoms with Gasteiger partial charge >= 0.3 is 0 Å². The van der Waals surface area contributed by atoms with Crippen LogP contribution in [0.3, 0.4) is 0 Å². The van der Waals surface area contributed by atoms with Gasteiger partial charge in [0.25, 0.3) is 0 Å². The van der Waals surface area contributed by atoms with Gasteiger partial charge < -0.3 is 28.4 Å². The minimum absolute atomic E-state index is 0.129. The van der Waals surface area contributed by atoms with Crippen LogP contribution >= 0.6 is 15.9 Å². The largest absolute Gasteiger partial charge is 0.493 e. The zero-order valence-corrected chi connectivity index (χ0v) is 17.9. The Balaban J connectivity index is 3.04. The van der Waals surface area contributed by atoms with E-state index in [9.17, 15) is 0 Å². The second kappa shape index (κ2) is 13.9. The van der Waals surface area contributed by atoms with E-state index in [1.165, 1.54) is 19.3 Å². The smallest absolute Gasteiger partial charge is 0.188 e. The molecule has 0 saturated carbocycles. The van der Waals surface area contributed by atoms with Crippen LogP contribution < -0.4 is 18.9 Å². The number of hydrogen-bond donors (Lipinski definition) is 0. The molecule has 0 aliphatic carbocycles. The third-order valence-corrected chi connectivity index (χ3v) is 4.46. The summed E-state index contributed by atoms with van der Waals surface area (Å²) < 4.78 is 32.7. The Bertz CT molecular complexity index is 509. The molecule has 150 valence electrons. The van der Waals surface area contributed by atoms with E-state index in [4.69, 9.17) is 28.4 Å². The molecule has 0 spiro atoms. The number of benzene rings is 1. The van der Waals surface area contributed by atoms with E-state index in [0.29, 0.717) is 23.0 Å². The van der Waals surface area contributed by atoms with Crippen molar-refractivity contribution in [1.82, 2.24) is 0 Å². The molecule has 26 heavy (non-hydrogen) atoms. The monoisotopic (exact) mass is 434 g/mol. The first kappa shape index (κ1) is 22.9. The second-order valence-corrected chi connectivity index (χ2v) is 6.52. The molecule has 0 unspecified atom stereocenters. The van der Waals surface area contributed by atoms with Gasteiger partial charge in [0.15, 0.2) is 36.6 Å². The molecule has 0 N–H and O–H groups in total. The minimum Gasteiger partial charge on any atom is -0.493 e. The molecular weight excluding hydrogens is 404 g/mol. The van der Waals surface area contributed by atoms with Crippen molar-refractivity contribution in [3.63, 3.8) is 0 Å². The van der Waals surface area contributed by atoms with Crippen molar-refractivity contribution < 1.29 is 28.4 Å². The van der Waals surface area contributed by atoms with Gasteiger partial charge in [-0.15, -0.1) is 0 Å². The van der Waals surface area contributed by atoms with Crippen molar-refractivity contribution in [2.45, 2.75) is 38.5 Å². The molecule has 0 aliphatic rings. The van der Waals surface area contributed by atoms with Gasteiger partial charge in [-0.3, -0.25) is 0 Å². The molecule has 6 nitrogen and oxygen atoms in total. The van der Waals surface area contributed by atoms with Crippen LogP contribution in [0.1, 0.15) is 37.7 Å². The lowest BCUT2D eigenvalue weighted by molar-refractivity contribution is 0.0444. The first-order valence-corrected chi connectivity index (χ1v) is 9.92. The number of alkyl halides is 1. The Hall–Kier alpha value is -1.18. The number of rotatable bonds is 15. The highest BCUT2D eigenvalue weighted by atomic mass is 79.9. The first-order valence-electron chi connectivity index (χ1n) is 8.80. The molecule has 0 aromatic heterocycles. The molecular formula is C19H31BrO6. The summed E-state index contributed by atoms with van der Waals surface area (Å²) in [6.45, 7) is 0.264. The molecule has 0 saturated heterocycles. The Kier molecular flexibility index (Phi) is 12.3. The maximum absolute atomic E-state index is 5.79. The fraction of sp³-hybridized carbons (Fsp3) is 0.684. The Morgan fingerprint density at radius 3 is 2.00 bits per heavy atom. The van der Waals surface area contributed by atoms with E-state index in [2.05, 4.69) is 15.9 Å². The molecule has 1 aromatic carbocycles. The predicted octanol–water partition coefficient (Wildman–Crippen LogP) is 4.56. The summed E-state index contributed by atoms with van der Waals surface area (Å²) >= 11 is 3.47. The van der Waals surface area contributed by atoms with Crippen molar-refractivity contribution in [3.05, 3.63) is 11.6 Å². The third-order valence-electron chi connectivity index (χ3n) is 3.90. The lowest BCUT2D eigenvalue weighted by atomic mass is 10.0. The van der Waals surface area contributed by atoms with Crippen molar-refractivity contribution in [2.24, 2.45) is 0 Å². The molecule has 0 amide bonds. The molecule has 0 aliphatic heterocycles. The first-order chi connectivity index (χ1) is 12.7. The maximum atomic E-state index is 5.79. The number of methoxy groups -OCH3 is 4. The van der Waals surface area contributed by atoms with Gasteiger partial charge in [-0.05, 0) is 19.3 Å². The van der Waals surface area contributed by atoms with Crippen LogP contribution in [-0.4, -0.2) is 47.4 Å². The fourth-order valence-corrected chi connectivity index (χ4v) is 3.08. The van der Waals surface area contributed by atoms with Crippen LogP contribution in [0.25, 0.3) is 0 Å². The number of ether oxygens (including phenoxy) is 6. The van der Waals surface area contributed by atoms with Crippen LogP contribution in [0.15, 0.2) is 6.07 Å². The Morgan fingerprint density at radius 1 is 0.731 bits per heavy atom. The number of hydrogen-bond acceptors (Lipinski definition) is 6. The van der Waals surface area contributed by atoms with Crippen LogP contribution in [0, 0.1) is 0 Å². The number of unbranched alkanes of at least 4 members (excludes halogenated alkanes) is 4. The topological polar surface area (TPSA) is 55.4 Å². The van der Waals surface area contributed by atoms with Crippen LogP contribution in [0.5, 0.6) is 23.0 Å². The molecule has 0 heterocycles. The molecule has 1 rings (SSSR count). The van der Waals surface area contributed by atoms with Gasteiger partial charge in [0.05, 0.1) is 14.2 Å². The maximum Gasteiger partial charge on any atom is 0.188 e. The van der Waals surface area contributed by atoms with Crippen molar-refractivity contribution in [3.8, 4) is 23.0 Å². The quantitative estimate of drug-likeness (QED) is 0.229. The van der Waals surface area contributed by atoms with E-state index >= 15 is 0 Å². The molecule has 0 radical (unpaired) electrons. The molecule has 1 aromatic rings. The van der Waals surface area contributed by atoms with Gasteiger partial charge in [-0.2, -0.15) is 0 Å². The van der Waals surface area contributed by atoms with E-state index in [1.807, 2.05) is 0 Å².